The van der Waals surface area contributed by atoms with Crippen LogP contribution in [0.15, 0.2) is 36.4 Å². The fourth-order valence-corrected chi connectivity index (χ4v) is 5.67. The second-order valence-corrected chi connectivity index (χ2v) is 11.3. The predicted molar refractivity (Wildman–Crippen MR) is 138 cm³/mol. The van der Waals surface area contributed by atoms with E-state index in [9.17, 15) is 14.9 Å². The van der Waals surface area contributed by atoms with Crippen molar-refractivity contribution in [2.24, 2.45) is 17.3 Å². The Labute approximate surface area is 206 Å². The minimum atomic E-state index is -0.532. The highest BCUT2D eigenvalue weighted by Crippen LogP contribution is 2.41. The first kappa shape index (κ1) is 24.5. The summed E-state index contributed by atoms with van der Waals surface area (Å²) >= 11 is 6.13. The standard InChI is InChI=1S/C27H34ClN3O3/c1-27(2,3)20-8-6-18(7-9-20)17-30-14-4-5-19-15-21(10-13-25(19)30)29-26(32)23-16-22(31(33)34)11-12-24(23)28/h10-13,15-16,18,20H,4-9,14,17H2,1-3H3,(H,29,32). The molecule has 0 saturated heterocycles. The maximum atomic E-state index is 12.8. The first-order chi connectivity index (χ1) is 16.1. The number of anilines is 2. The van der Waals surface area contributed by atoms with Gasteiger partial charge in [-0.1, -0.05) is 32.4 Å². The summed E-state index contributed by atoms with van der Waals surface area (Å²) in [5, 5.41) is 14.1. The van der Waals surface area contributed by atoms with Gasteiger partial charge in [-0.2, -0.15) is 0 Å². The first-order valence-electron chi connectivity index (χ1n) is 12.2. The molecule has 1 aliphatic heterocycles. The molecule has 0 bridgehead atoms. The highest BCUT2D eigenvalue weighted by Gasteiger charge is 2.31. The number of rotatable bonds is 5. The molecule has 2 aromatic rings. The molecule has 1 fully saturated rings. The van der Waals surface area contributed by atoms with Gasteiger partial charge < -0.3 is 10.2 Å². The maximum absolute atomic E-state index is 12.8. The number of aryl methyl sites for hydroxylation is 1. The van der Waals surface area contributed by atoms with Crippen LogP contribution in [0.25, 0.3) is 0 Å². The van der Waals surface area contributed by atoms with E-state index in [0.717, 1.165) is 37.8 Å². The Morgan fingerprint density at radius 2 is 1.88 bits per heavy atom. The zero-order chi connectivity index (χ0) is 24.5. The van der Waals surface area contributed by atoms with Crippen molar-refractivity contribution < 1.29 is 9.72 Å². The molecule has 0 spiro atoms. The molecule has 4 rings (SSSR count). The van der Waals surface area contributed by atoms with E-state index in [1.54, 1.807) is 0 Å². The molecule has 34 heavy (non-hydrogen) atoms. The molecule has 2 aromatic carbocycles. The minimum absolute atomic E-state index is 0.0982. The van der Waals surface area contributed by atoms with E-state index in [0.29, 0.717) is 11.1 Å². The molecule has 0 radical (unpaired) electrons. The van der Waals surface area contributed by atoms with Crippen molar-refractivity contribution in [3.63, 3.8) is 0 Å². The number of nitrogens with one attached hydrogen (secondary N) is 1. The van der Waals surface area contributed by atoms with Crippen molar-refractivity contribution in [3.8, 4) is 0 Å². The molecule has 6 nitrogen and oxygen atoms in total. The number of amides is 1. The number of carbonyl (C=O) groups is 1. The molecule has 1 amide bonds. The van der Waals surface area contributed by atoms with Gasteiger partial charge in [0.05, 0.1) is 15.5 Å². The number of benzene rings is 2. The van der Waals surface area contributed by atoms with Crippen molar-refractivity contribution in [3.05, 3.63) is 62.7 Å². The summed E-state index contributed by atoms with van der Waals surface area (Å²) in [4.78, 5) is 25.8. The normalized spacial score (nSPS) is 20.5. The van der Waals surface area contributed by atoms with Crippen molar-refractivity contribution in [2.75, 3.05) is 23.3 Å². The molecule has 1 aliphatic carbocycles. The number of nitro benzene ring substituents is 1. The third-order valence-corrected chi connectivity index (χ3v) is 7.84. The summed E-state index contributed by atoms with van der Waals surface area (Å²) in [5.41, 5.74) is 3.51. The van der Waals surface area contributed by atoms with E-state index in [-0.39, 0.29) is 16.3 Å². The largest absolute Gasteiger partial charge is 0.371 e. The number of halogens is 1. The zero-order valence-corrected chi connectivity index (χ0v) is 21.0. The van der Waals surface area contributed by atoms with E-state index < -0.39 is 10.8 Å². The maximum Gasteiger partial charge on any atom is 0.270 e. The molecule has 1 N–H and O–H groups in total. The molecule has 7 heteroatoms. The van der Waals surface area contributed by atoms with Crippen molar-refractivity contribution in [1.29, 1.82) is 0 Å². The van der Waals surface area contributed by atoms with Gasteiger partial charge in [0.1, 0.15) is 0 Å². The van der Waals surface area contributed by atoms with E-state index in [1.165, 1.54) is 55.1 Å². The second kappa shape index (κ2) is 9.95. The lowest BCUT2D eigenvalue weighted by atomic mass is 9.70. The highest BCUT2D eigenvalue weighted by atomic mass is 35.5. The monoisotopic (exact) mass is 483 g/mol. The second-order valence-electron chi connectivity index (χ2n) is 10.9. The molecule has 0 atom stereocenters. The summed E-state index contributed by atoms with van der Waals surface area (Å²) in [5.74, 6) is 1.11. The molecule has 1 saturated carbocycles. The topological polar surface area (TPSA) is 75.5 Å². The number of carbonyl (C=O) groups excluding carboxylic acids is 1. The smallest absolute Gasteiger partial charge is 0.270 e. The fourth-order valence-electron chi connectivity index (χ4n) is 5.46. The molecule has 1 heterocycles. The van der Waals surface area contributed by atoms with Gasteiger partial charge in [0.2, 0.25) is 0 Å². The van der Waals surface area contributed by atoms with Crippen LogP contribution in [0.4, 0.5) is 17.1 Å². The van der Waals surface area contributed by atoms with Crippen LogP contribution in [0, 0.1) is 27.4 Å². The van der Waals surface area contributed by atoms with Crippen LogP contribution in [0.3, 0.4) is 0 Å². The lowest BCUT2D eigenvalue weighted by Gasteiger charge is -2.40. The Kier molecular flexibility index (Phi) is 7.17. The van der Waals surface area contributed by atoms with Crippen LogP contribution in [-0.4, -0.2) is 23.9 Å². The van der Waals surface area contributed by atoms with E-state index in [2.05, 4.69) is 37.1 Å². The Bertz CT molecular complexity index is 1070. The predicted octanol–water partition coefficient (Wildman–Crippen LogP) is 7.11. The third kappa shape index (κ3) is 5.54. The summed E-state index contributed by atoms with van der Waals surface area (Å²) in [6, 6.07) is 9.93. The van der Waals surface area contributed by atoms with Gasteiger partial charge in [-0.15, -0.1) is 0 Å². The average Bonchev–Trinajstić information content (AvgIpc) is 2.79. The van der Waals surface area contributed by atoms with Gasteiger partial charge in [-0.05, 0) is 85.6 Å². The van der Waals surface area contributed by atoms with E-state index >= 15 is 0 Å². The van der Waals surface area contributed by atoms with Crippen molar-refractivity contribution in [1.82, 2.24) is 0 Å². The number of non-ortho nitro benzene ring substituents is 1. The number of nitrogens with zero attached hydrogens (tertiary/aromatic N) is 2. The van der Waals surface area contributed by atoms with Crippen molar-refractivity contribution >= 4 is 34.6 Å². The Morgan fingerprint density at radius 3 is 2.56 bits per heavy atom. The average molecular weight is 484 g/mol. The molecule has 0 unspecified atom stereocenters. The molecular formula is C27H34ClN3O3. The Morgan fingerprint density at radius 1 is 1.15 bits per heavy atom. The third-order valence-electron chi connectivity index (χ3n) is 7.51. The summed E-state index contributed by atoms with van der Waals surface area (Å²) < 4.78 is 0. The van der Waals surface area contributed by atoms with Gasteiger partial charge in [-0.25, -0.2) is 0 Å². The minimum Gasteiger partial charge on any atom is -0.371 e. The summed E-state index contributed by atoms with van der Waals surface area (Å²) in [6.45, 7) is 9.26. The first-order valence-corrected chi connectivity index (χ1v) is 12.6. The van der Waals surface area contributed by atoms with Crippen molar-refractivity contribution in [2.45, 2.75) is 59.3 Å². The zero-order valence-electron chi connectivity index (χ0n) is 20.3. The van der Waals surface area contributed by atoms with Gasteiger partial charge in [0.25, 0.3) is 11.6 Å². The summed E-state index contributed by atoms with van der Waals surface area (Å²) in [6.07, 6.45) is 7.31. The van der Waals surface area contributed by atoms with Gasteiger partial charge in [-0.3, -0.25) is 14.9 Å². The van der Waals surface area contributed by atoms with Crippen LogP contribution in [0.1, 0.15) is 68.8 Å². The lowest BCUT2D eigenvalue weighted by molar-refractivity contribution is -0.384. The number of hydrogen-bond donors (Lipinski definition) is 1. The SMILES string of the molecule is CC(C)(C)C1CCC(CN2CCCc3cc(NC(=O)c4cc([N+](=O)[O-])ccc4Cl)ccc32)CC1. The van der Waals surface area contributed by atoms with Gasteiger partial charge in [0, 0.05) is 36.6 Å². The van der Waals surface area contributed by atoms with Crippen LogP contribution in [0.2, 0.25) is 5.02 Å². The Balaban J connectivity index is 1.43. The van der Waals surface area contributed by atoms with E-state index in [1.807, 2.05) is 12.1 Å². The van der Waals surface area contributed by atoms with Gasteiger partial charge >= 0.3 is 0 Å². The fraction of sp³-hybridized carbons (Fsp3) is 0.519. The summed E-state index contributed by atoms with van der Waals surface area (Å²) in [7, 11) is 0. The van der Waals surface area contributed by atoms with Crippen LogP contribution < -0.4 is 10.2 Å². The lowest BCUT2D eigenvalue weighted by Crippen LogP contribution is -2.36. The molecule has 182 valence electrons. The quantitative estimate of drug-likeness (QED) is 0.363. The molecular weight excluding hydrogens is 450 g/mol. The van der Waals surface area contributed by atoms with Crippen LogP contribution in [0.5, 0.6) is 0 Å². The number of nitro groups is 1. The highest BCUT2D eigenvalue weighted by molar-refractivity contribution is 6.34. The van der Waals surface area contributed by atoms with E-state index in [4.69, 9.17) is 11.6 Å². The number of fused-ring (bicyclic) bond motifs is 1. The molecule has 2 aliphatic rings. The van der Waals surface area contributed by atoms with Crippen LogP contribution in [-0.2, 0) is 6.42 Å². The number of hydrogen-bond acceptors (Lipinski definition) is 4. The van der Waals surface area contributed by atoms with Gasteiger partial charge in [0.15, 0.2) is 0 Å². The molecule has 0 aromatic heterocycles. The Hall–Kier alpha value is -2.60. The van der Waals surface area contributed by atoms with Crippen LogP contribution >= 0.6 is 11.6 Å².